The SMILES string of the molecule is CCC(NC(=O)NCc1ccc(C(=O)O)cc1)C(C)(C)O. The van der Waals surface area contributed by atoms with Gasteiger partial charge in [-0.2, -0.15) is 0 Å². The Hall–Kier alpha value is -2.08. The first-order valence-electron chi connectivity index (χ1n) is 6.83. The second-order valence-electron chi connectivity index (χ2n) is 5.44. The molecular weight excluding hydrogens is 272 g/mol. The Morgan fingerprint density at radius 2 is 1.81 bits per heavy atom. The third-order valence-corrected chi connectivity index (χ3v) is 3.22. The second-order valence-corrected chi connectivity index (χ2v) is 5.44. The molecule has 0 aliphatic carbocycles. The van der Waals surface area contributed by atoms with E-state index in [0.29, 0.717) is 6.42 Å². The topological polar surface area (TPSA) is 98.7 Å². The zero-order chi connectivity index (χ0) is 16.0. The molecule has 1 aromatic rings. The van der Waals surface area contributed by atoms with Crippen molar-refractivity contribution in [1.82, 2.24) is 10.6 Å². The number of amides is 2. The van der Waals surface area contributed by atoms with Crippen molar-refractivity contribution in [1.29, 1.82) is 0 Å². The molecule has 116 valence electrons. The van der Waals surface area contributed by atoms with E-state index in [1.807, 2.05) is 6.92 Å². The van der Waals surface area contributed by atoms with Crippen LogP contribution in [0.1, 0.15) is 43.1 Å². The molecule has 2 amide bonds. The maximum atomic E-state index is 11.8. The lowest BCUT2D eigenvalue weighted by molar-refractivity contribution is 0.0399. The van der Waals surface area contributed by atoms with E-state index in [2.05, 4.69) is 10.6 Å². The largest absolute Gasteiger partial charge is 0.478 e. The molecule has 0 saturated heterocycles. The van der Waals surface area contributed by atoms with Gasteiger partial charge in [-0.3, -0.25) is 0 Å². The van der Waals surface area contributed by atoms with Crippen molar-refractivity contribution in [3.63, 3.8) is 0 Å². The third kappa shape index (κ3) is 5.43. The van der Waals surface area contributed by atoms with Crippen LogP contribution in [-0.4, -0.2) is 33.9 Å². The summed E-state index contributed by atoms with van der Waals surface area (Å²) in [4.78, 5) is 22.5. The molecule has 0 fully saturated rings. The number of carbonyl (C=O) groups is 2. The summed E-state index contributed by atoms with van der Waals surface area (Å²) in [5.41, 5.74) is 0.0117. The Balaban J connectivity index is 2.51. The number of carbonyl (C=O) groups excluding carboxylic acids is 1. The Bertz CT molecular complexity index is 491. The van der Waals surface area contributed by atoms with Crippen molar-refractivity contribution in [3.05, 3.63) is 35.4 Å². The molecule has 0 saturated carbocycles. The monoisotopic (exact) mass is 294 g/mol. The molecule has 0 radical (unpaired) electrons. The summed E-state index contributed by atoms with van der Waals surface area (Å²) in [6.07, 6.45) is 0.615. The number of nitrogens with one attached hydrogen (secondary N) is 2. The van der Waals surface area contributed by atoms with Crippen LogP contribution in [0.15, 0.2) is 24.3 Å². The van der Waals surface area contributed by atoms with Gasteiger partial charge in [0, 0.05) is 6.54 Å². The molecule has 6 nitrogen and oxygen atoms in total. The number of hydrogen-bond acceptors (Lipinski definition) is 3. The molecule has 1 atom stereocenters. The lowest BCUT2D eigenvalue weighted by atomic mass is 9.97. The van der Waals surface area contributed by atoms with Crippen LogP contribution >= 0.6 is 0 Å². The number of aliphatic hydroxyl groups is 1. The van der Waals surface area contributed by atoms with E-state index in [9.17, 15) is 14.7 Å². The highest BCUT2D eigenvalue weighted by Gasteiger charge is 2.26. The van der Waals surface area contributed by atoms with Gasteiger partial charge in [-0.05, 0) is 38.0 Å². The Labute approximate surface area is 124 Å². The van der Waals surface area contributed by atoms with E-state index in [0.717, 1.165) is 5.56 Å². The average Bonchev–Trinajstić information content (AvgIpc) is 2.41. The van der Waals surface area contributed by atoms with Crippen molar-refractivity contribution in [2.75, 3.05) is 0 Å². The van der Waals surface area contributed by atoms with Gasteiger partial charge in [0.05, 0.1) is 17.2 Å². The molecule has 0 bridgehead atoms. The number of urea groups is 1. The van der Waals surface area contributed by atoms with Gasteiger partial charge in [0.2, 0.25) is 0 Å². The molecule has 0 heterocycles. The number of hydrogen-bond donors (Lipinski definition) is 4. The number of carboxylic acid groups (broad SMARTS) is 1. The Morgan fingerprint density at radius 1 is 1.24 bits per heavy atom. The summed E-state index contributed by atoms with van der Waals surface area (Å²) >= 11 is 0. The predicted molar refractivity (Wildman–Crippen MR) is 79.1 cm³/mol. The average molecular weight is 294 g/mol. The van der Waals surface area contributed by atoms with Gasteiger partial charge in [-0.15, -0.1) is 0 Å². The minimum absolute atomic E-state index is 0.205. The van der Waals surface area contributed by atoms with Crippen LogP contribution in [0.5, 0.6) is 0 Å². The zero-order valence-corrected chi connectivity index (χ0v) is 12.5. The van der Waals surface area contributed by atoms with Gasteiger partial charge in [0.1, 0.15) is 0 Å². The molecule has 1 rings (SSSR count). The van der Waals surface area contributed by atoms with Crippen molar-refractivity contribution in [2.45, 2.75) is 45.4 Å². The van der Waals surface area contributed by atoms with E-state index >= 15 is 0 Å². The number of aromatic carboxylic acids is 1. The van der Waals surface area contributed by atoms with E-state index in [1.165, 1.54) is 12.1 Å². The Morgan fingerprint density at radius 3 is 2.24 bits per heavy atom. The molecule has 0 spiro atoms. The number of rotatable bonds is 6. The van der Waals surface area contributed by atoms with Gasteiger partial charge in [0.25, 0.3) is 0 Å². The first-order chi connectivity index (χ1) is 9.74. The summed E-state index contributed by atoms with van der Waals surface area (Å²) in [5.74, 6) is -0.983. The molecule has 21 heavy (non-hydrogen) atoms. The normalized spacial score (nSPS) is 12.6. The van der Waals surface area contributed by atoms with Crippen LogP contribution < -0.4 is 10.6 Å². The number of benzene rings is 1. The van der Waals surface area contributed by atoms with Gasteiger partial charge < -0.3 is 20.8 Å². The van der Waals surface area contributed by atoms with Crippen molar-refractivity contribution >= 4 is 12.0 Å². The lowest BCUT2D eigenvalue weighted by Gasteiger charge is -2.29. The highest BCUT2D eigenvalue weighted by Crippen LogP contribution is 2.11. The van der Waals surface area contributed by atoms with Crippen molar-refractivity contribution in [3.8, 4) is 0 Å². The van der Waals surface area contributed by atoms with E-state index < -0.39 is 11.6 Å². The maximum Gasteiger partial charge on any atom is 0.335 e. The van der Waals surface area contributed by atoms with Crippen molar-refractivity contribution < 1.29 is 19.8 Å². The van der Waals surface area contributed by atoms with Crippen LogP contribution in [0.4, 0.5) is 4.79 Å². The van der Waals surface area contributed by atoms with Gasteiger partial charge in [-0.1, -0.05) is 19.1 Å². The summed E-state index contributed by atoms with van der Waals surface area (Å²) < 4.78 is 0. The van der Waals surface area contributed by atoms with Crippen LogP contribution in [0.2, 0.25) is 0 Å². The molecule has 6 heteroatoms. The highest BCUT2D eigenvalue weighted by molar-refractivity contribution is 5.87. The van der Waals surface area contributed by atoms with Gasteiger partial charge >= 0.3 is 12.0 Å². The van der Waals surface area contributed by atoms with E-state index in [-0.39, 0.29) is 24.2 Å². The fourth-order valence-electron chi connectivity index (χ4n) is 1.94. The smallest absolute Gasteiger partial charge is 0.335 e. The van der Waals surface area contributed by atoms with Gasteiger partial charge in [0.15, 0.2) is 0 Å². The highest BCUT2D eigenvalue weighted by atomic mass is 16.4. The second kappa shape index (κ2) is 7.08. The van der Waals surface area contributed by atoms with Crippen LogP contribution in [0, 0.1) is 0 Å². The summed E-state index contributed by atoms with van der Waals surface area (Å²) in [6.45, 7) is 5.46. The van der Waals surface area contributed by atoms with Crippen LogP contribution in [0.25, 0.3) is 0 Å². The first kappa shape index (κ1) is 17.0. The fraction of sp³-hybridized carbons (Fsp3) is 0.467. The zero-order valence-electron chi connectivity index (χ0n) is 12.5. The standard InChI is InChI=1S/C15H22N2O4/c1-4-12(15(2,3)21)17-14(20)16-9-10-5-7-11(8-6-10)13(18)19/h5-8,12,21H,4,9H2,1-3H3,(H,18,19)(H2,16,17,20). The molecule has 1 aromatic carbocycles. The maximum absolute atomic E-state index is 11.8. The lowest BCUT2D eigenvalue weighted by Crippen LogP contribution is -2.51. The molecule has 4 N–H and O–H groups in total. The predicted octanol–water partition coefficient (Wildman–Crippen LogP) is 1.73. The molecule has 0 aliphatic heterocycles. The van der Waals surface area contributed by atoms with Crippen LogP contribution in [0.3, 0.4) is 0 Å². The minimum atomic E-state index is -0.991. The first-order valence-corrected chi connectivity index (χ1v) is 6.83. The van der Waals surface area contributed by atoms with Crippen LogP contribution in [-0.2, 0) is 6.54 Å². The Kier molecular flexibility index (Phi) is 5.72. The fourth-order valence-corrected chi connectivity index (χ4v) is 1.94. The molecule has 1 unspecified atom stereocenters. The number of carboxylic acids is 1. The molecular formula is C15H22N2O4. The molecule has 0 aliphatic rings. The quantitative estimate of drug-likeness (QED) is 0.642. The minimum Gasteiger partial charge on any atom is -0.478 e. The van der Waals surface area contributed by atoms with E-state index in [1.54, 1.807) is 26.0 Å². The molecule has 0 aromatic heterocycles. The van der Waals surface area contributed by atoms with Gasteiger partial charge in [-0.25, -0.2) is 9.59 Å². The summed E-state index contributed by atoms with van der Waals surface area (Å²) in [7, 11) is 0. The van der Waals surface area contributed by atoms with Crippen molar-refractivity contribution in [2.24, 2.45) is 0 Å². The summed E-state index contributed by atoms with van der Waals surface area (Å²) in [6, 6.07) is 5.57. The van der Waals surface area contributed by atoms with E-state index in [4.69, 9.17) is 5.11 Å². The third-order valence-electron chi connectivity index (χ3n) is 3.22. The summed E-state index contributed by atoms with van der Waals surface area (Å²) in [5, 5.41) is 24.1.